The number of benzene rings is 4. The number of likely N-dealkylation sites (tertiary alicyclic amines) is 1. The number of ether oxygens (including phenoxy) is 4. The van der Waals surface area contributed by atoms with Crippen LogP contribution in [0.5, 0.6) is 23.0 Å². The van der Waals surface area contributed by atoms with E-state index in [2.05, 4.69) is 51.9 Å². The Morgan fingerprint density at radius 1 is 0.754 bits per heavy atom. The molecule has 14 heteroatoms. The number of aliphatic imine (C=N–C) groups is 1. The molecule has 1 fully saturated rings. The van der Waals surface area contributed by atoms with Gasteiger partial charge in [-0.3, -0.25) is 24.7 Å². The number of aliphatic hydroxyl groups excluding tert-OH is 1. The van der Waals surface area contributed by atoms with E-state index in [1.165, 1.54) is 6.20 Å². The van der Waals surface area contributed by atoms with Gasteiger partial charge in [0.15, 0.2) is 0 Å². The third-order valence-electron chi connectivity index (χ3n) is 11.8. The number of carboxylic acids is 1. The van der Waals surface area contributed by atoms with E-state index in [4.69, 9.17) is 42.1 Å². The lowest BCUT2D eigenvalue weighted by molar-refractivity contribution is -0.143. The van der Waals surface area contributed by atoms with Crippen LogP contribution in [0.4, 0.5) is 0 Å². The first-order chi connectivity index (χ1) is 31.6. The minimum Gasteiger partial charge on any atom is -0.488 e. The van der Waals surface area contributed by atoms with Gasteiger partial charge >= 0.3 is 5.97 Å². The van der Waals surface area contributed by atoms with Crippen LogP contribution in [0.25, 0.3) is 11.1 Å². The number of piperidine rings is 1. The van der Waals surface area contributed by atoms with Gasteiger partial charge in [0.2, 0.25) is 0 Å². The largest absolute Gasteiger partial charge is 0.488 e. The lowest BCUT2D eigenvalue weighted by Crippen LogP contribution is -2.38. The van der Waals surface area contributed by atoms with E-state index in [0.717, 1.165) is 75.3 Å². The van der Waals surface area contributed by atoms with E-state index in [-0.39, 0.29) is 33.0 Å². The van der Waals surface area contributed by atoms with Gasteiger partial charge in [0, 0.05) is 77.8 Å². The van der Waals surface area contributed by atoms with E-state index in [9.17, 15) is 20.3 Å². The molecule has 2 aliphatic heterocycles. The molecule has 4 heterocycles. The molecule has 1 atom stereocenters. The normalized spacial score (nSPS) is 14.6. The molecule has 4 aromatic carbocycles. The highest BCUT2D eigenvalue weighted by atomic mass is 35.5. The van der Waals surface area contributed by atoms with Gasteiger partial charge in [-0.2, -0.15) is 5.26 Å². The Bertz CT molecular complexity index is 2810. The average Bonchev–Trinajstić information content (AvgIpc) is 4.17. The van der Waals surface area contributed by atoms with Crippen LogP contribution >= 0.6 is 23.2 Å². The maximum absolute atomic E-state index is 11.8. The van der Waals surface area contributed by atoms with Crippen LogP contribution in [0, 0.1) is 31.1 Å². The maximum Gasteiger partial charge on any atom is 0.307 e. The summed E-state index contributed by atoms with van der Waals surface area (Å²) in [5, 5.41) is 29.8. The molecule has 65 heavy (non-hydrogen) atoms. The Morgan fingerprint density at radius 3 is 1.91 bits per heavy atom. The van der Waals surface area contributed by atoms with Gasteiger partial charge in [-0.1, -0.05) is 59.6 Å². The Balaban J connectivity index is 0.980. The van der Waals surface area contributed by atoms with Crippen molar-refractivity contribution in [2.45, 2.75) is 66.3 Å². The molecular weight excluding hydrogens is 865 g/mol. The van der Waals surface area contributed by atoms with Crippen LogP contribution in [0.15, 0.2) is 103 Å². The summed E-state index contributed by atoms with van der Waals surface area (Å²) in [6, 6.07) is 25.0. The second kappa shape index (κ2) is 20.6. The van der Waals surface area contributed by atoms with E-state index in [1.807, 2.05) is 42.5 Å². The van der Waals surface area contributed by atoms with Crippen LogP contribution in [0.2, 0.25) is 10.0 Å². The number of aliphatic carboxylic acids is 1. The van der Waals surface area contributed by atoms with E-state index >= 15 is 0 Å². The quantitative estimate of drug-likeness (QED) is 0.0845. The number of nitrogens with zero attached hydrogens (tertiary/aromatic N) is 5. The van der Waals surface area contributed by atoms with Gasteiger partial charge in [-0.15, -0.1) is 0 Å². The molecule has 0 amide bonds. The molecule has 0 unspecified atom stereocenters. The number of rotatable bonds is 18. The number of pyridine rings is 2. The fourth-order valence-electron chi connectivity index (χ4n) is 8.00. The average molecular weight is 913 g/mol. The van der Waals surface area contributed by atoms with Crippen molar-refractivity contribution < 1.29 is 34.0 Å². The monoisotopic (exact) mass is 911 g/mol. The van der Waals surface area contributed by atoms with Crippen LogP contribution in [-0.2, 0) is 44.4 Å². The zero-order chi connectivity index (χ0) is 45.5. The van der Waals surface area contributed by atoms with Crippen LogP contribution in [0.1, 0.15) is 68.5 Å². The third kappa shape index (κ3) is 11.1. The van der Waals surface area contributed by atoms with Crippen LogP contribution in [0.3, 0.4) is 0 Å². The summed E-state index contributed by atoms with van der Waals surface area (Å²) in [4.78, 5) is 26.8. The first-order valence-electron chi connectivity index (χ1n) is 21.3. The Kier molecular flexibility index (Phi) is 14.3. The first-order valence-corrected chi connectivity index (χ1v) is 22.0. The van der Waals surface area contributed by atoms with Crippen molar-refractivity contribution in [3.63, 3.8) is 0 Å². The van der Waals surface area contributed by atoms with Crippen molar-refractivity contribution >= 4 is 34.9 Å². The van der Waals surface area contributed by atoms with Crippen LogP contribution in [-0.4, -0.2) is 56.4 Å². The molecule has 2 aliphatic rings. The third-order valence-corrected chi connectivity index (χ3v) is 12.3. The lowest BCUT2D eigenvalue weighted by Gasteiger charge is -2.31. The minimum atomic E-state index is -0.777. The van der Waals surface area contributed by atoms with Gasteiger partial charge in [0.25, 0.3) is 0 Å². The number of hydrogen-bond donors (Lipinski definition) is 2. The molecule has 0 radical (unpaired) electrons. The Labute approximate surface area is 387 Å². The van der Waals surface area contributed by atoms with Gasteiger partial charge in [-0.25, -0.2) is 0 Å². The SMILES string of the molecule is Cc1c(COc2cc(OCc3cncc(C#N)c3)c(CO)cc2Cl)cccc1-c1cccc(COc2cc(OCc3cncc(C4=NC4)c3)c(CN3CCC[C@H](C(=O)O)C3)cc2Cl)c1C. The summed E-state index contributed by atoms with van der Waals surface area (Å²) in [6.07, 6.45) is 8.15. The second-order valence-corrected chi connectivity index (χ2v) is 17.0. The number of carbonyl (C=O) groups is 1. The zero-order valence-corrected chi connectivity index (χ0v) is 37.5. The fourth-order valence-corrected chi connectivity index (χ4v) is 8.48. The van der Waals surface area contributed by atoms with Crippen LogP contribution < -0.4 is 18.9 Å². The van der Waals surface area contributed by atoms with E-state index < -0.39 is 11.9 Å². The summed E-state index contributed by atoms with van der Waals surface area (Å²) < 4.78 is 25.2. The molecule has 0 spiro atoms. The van der Waals surface area contributed by atoms with Gasteiger partial charge < -0.3 is 29.2 Å². The number of aliphatic hydroxyl groups is 1. The molecule has 0 saturated carbocycles. The second-order valence-electron chi connectivity index (χ2n) is 16.2. The summed E-state index contributed by atoms with van der Waals surface area (Å²) in [5.74, 6) is 0.685. The number of carboxylic acid groups (broad SMARTS) is 1. The van der Waals surface area contributed by atoms with Crippen molar-refractivity contribution in [3.8, 4) is 40.2 Å². The summed E-state index contributed by atoms with van der Waals surface area (Å²) in [7, 11) is 0. The maximum atomic E-state index is 11.8. The molecule has 8 rings (SSSR count). The number of aromatic nitrogens is 2. The summed E-state index contributed by atoms with van der Waals surface area (Å²) >= 11 is 13.6. The first kappa shape index (κ1) is 45.1. The predicted octanol–water partition coefficient (Wildman–Crippen LogP) is 9.85. The molecule has 0 aliphatic carbocycles. The molecule has 332 valence electrons. The molecule has 0 bridgehead atoms. The lowest BCUT2D eigenvalue weighted by atomic mass is 9.92. The van der Waals surface area contributed by atoms with Crippen molar-refractivity contribution in [1.29, 1.82) is 5.26 Å². The summed E-state index contributed by atoms with van der Waals surface area (Å²) in [5.41, 5.74) is 11.5. The molecule has 1 saturated heterocycles. The molecule has 2 aromatic heterocycles. The fraction of sp³-hybridized carbons (Fsp3) is 0.275. The zero-order valence-electron chi connectivity index (χ0n) is 36.0. The number of hydrogen-bond acceptors (Lipinski definition) is 11. The highest BCUT2D eigenvalue weighted by Gasteiger charge is 2.27. The van der Waals surface area contributed by atoms with Crippen molar-refractivity contribution in [3.05, 3.63) is 163 Å². The highest BCUT2D eigenvalue weighted by molar-refractivity contribution is 6.32. The van der Waals surface area contributed by atoms with Crippen molar-refractivity contribution in [2.24, 2.45) is 10.9 Å². The van der Waals surface area contributed by atoms with Crippen molar-refractivity contribution in [2.75, 3.05) is 19.6 Å². The van der Waals surface area contributed by atoms with Gasteiger partial charge in [-0.05, 0) is 90.9 Å². The van der Waals surface area contributed by atoms with Crippen molar-refractivity contribution in [1.82, 2.24) is 14.9 Å². The molecule has 6 aromatic rings. The Morgan fingerprint density at radius 2 is 1.32 bits per heavy atom. The smallest absolute Gasteiger partial charge is 0.307 e. The topological polar surface area (TPSA) is 160 Å². The molecule has 12 nitrogen and oxygen atoms in total. The molecular formula is C51H47Cl2N5O7. The summed E-state index contributed by atoms with van der Waals surface area (Å²) in [6.45, 7) is 7.16. The van der Waals surface area contributed by atoms with Gasteiger partial charge in [0.1, 0.15) is 55.5 Å². The van der Waals surface area contributed by atoms with E-state index in [1.54, 1.807) is 36.8 Å². The van der Waals surface area contributed by atoms with Gasteiger partial charge in [0.05, 0.1) is 40.4 Å². The molecule has 2 N–H and O–H groups in total. The predicted molar refractivity (Wildman–Crippen MR) is 248 cm³/mol. The number of halogens is 2. The Hall–Kier alpha value is -6.49. The number of nitriles is 1. The highest BCUT2D eigenvalue weighted by Crippen LogP contribution is 2.38. The van der Waals surface area contributed by atoms with E-state index in [0.29, 0.717) is 69.2 Å². The minimum absolute atomic E-state index is 0.136. The standard InChI is InChI=1S/C51H47Cl2N5O7/c1-31-37(29-64-49-16-47(62-28-35-13-39(22-56-21-35)46-23-57-46)40(14-44(49)52)25-58-11-5-8-36(24-58)51(60)61)6-3-9-42(31)43-10-4-7-38(32(43)2)30-65-50-17-48(41(26-59)15-45(50)53)63-27-34-12-33(18-54)19-55-20-34/h3-4,6-7,9-10,12-17,19-22,36,59H,5,8,11,23-30H2,1-2H3,(H,60,61)/t36-/m0/s1.